The second-order valence-corrected chi connectivity index (χ2v) is 19.9. The van der Waals surface area contributed by atoms with E-state index in [-0.39, 0.29) is 25.9 Å². The lowest BCUT2D eigenvalue weighted by atomic mass is 9.98. The zero-order valence-corrected chi connectivity index (χ0v) is 45.2. The average Bonchev–Trinajstić information content (AvgIpc) is 3.35. The van der Waals surface area contributed by atoms with E-state index in [9.17, 15) is 34.5 Å². The minimum absolute atomic E-state index is 0.0517. The number of aliphatic hydroxyl groups is 2. The molecule has 0 bridgehead atoms. The number of hydrogen-bond acceptors (Lipinski definition) is 11. The van der Waals surface area contributed by atoms with Crippen LogP contribution in [0.3, 0.4) is 0 Å². The maximum atomic E-state index is 13.1. The van der Waals surface area contributed by atoms with Gasteiger partial charge in [-0.2, -0.15) is 0 Å². The van der Waals surface area contributed by atoms with Crippen LogP contribution in [0.25, 0.3) is 0 Å². The molecule has 1 aliphatic rings. The standard InChI is InChI=1S/C59H104O12/c1-4-7-10-13-16-19-22-25-26-29-30-33-36-39-42-45-51(60)67-48-50(69-52(61)46-43-40-37-34-31-27-23-20-17-14-11-8-5-2)49-68-59-57(55(64)54(63)56(71-59)58(65)66)70-53(62)47-44-41-38-35-32-28-24-21-18-15-12-9-6-3/h16,19,21,24-26,50,54-57,59,63-64H,4-15,17-18,20,22-23,27-49H2,1-3H3,(H,65,66)/b19-16-,24-21-,26-25-. The van der Waals surface area contributed by atoms with E-state index in [2.05, 4.69) is 57.2 Å². The molecule has 1 fully saturated rings. The molecule has 412 valence electrons. The van der Waals surface area contributed by atoms with Crippen molar-refractivity contribution in [1.82, 2.24) is 0 Å². The number of carboxylic acid groups (broad SMARTS) is 1. The van der Waals surface area contributed by atoms with Gasteiger partial charge in [-0.3, -0.25) is 14.4 Å². The molecule has 0 aliphatic carbocycles. The fourth-order valence-electron chi connectivity index (χ4n) is 8.69. The molecule has 0 spiro atoms. The van der Waals surface area contributed by atoms with E-state index in [4.69, 9.17) is 23.7 Å². The second-order valence-electron chi connectivity index (χ2n) is 19.9. The zero-order chi connectivity index (χ0) is 51.8. The normalized spacial score (nSPS) is 18.7. The highest BCUT2D eigenvalue weighted by atomic mass is 16.7. The molecule has 6 unspecified atom stereocenters. The Morgan fingerprint density at radius 1 is 0.465 bits per heavy atom. The summed E-state index contributed by atoms with van der Waals surface area (Å²) in [6.07, 6.45) is 42.6. The van der Waals surface area contributed by atoms with Crippen molar-refractivity contribution in [1.29, 1.82) is 0 Å². The minimum atomic E-state index is -1.90. The van der Waals surface area contributed by atoms with Crippen molar-refractivity contribution in [2.45, 2.75) is 302 Å². The van der Waals surface area contributed by atoms with Gasteiger partial charge in [-0.1, -0.05) is 205 Å². The molecule has 0 amide bonds. The van der Waals surface area contributed by atoms with Crippen LogP contribution < -0.4 is 0 Å². The molecule has 0 saturated carbocycles. The van der Waals surface area contributed by atoms with Gasteiger partial charge in [0.15, 0.2) is 24.6 Å². The largest absolute Gasteiger partial charge is 0.479 e. The van der Waals surface area contributed by atoms with Crippen LogP contribution in [0.2, 0.25) is 0 Å². The van der Waals surface area contributed by atoms with Gasteiger partial charge in [-0.05, 0) is 77.0 Å². The number of rotatable bonds is 49. The van der Waals surface area contributed by atoms with Crippen LogP contribution in [0, 0.1) is 0 Å². The lowest BCUT2D eigenvalue weighted by molar-refractivity contribution is -0.301. The van der Waals surface area contributed by atoms with Crippen molar-refractivity contribution in [3.05, 3.63) is 36.5 Å². The number of esters is 3. The van der Waals surface area contributed by atoms with E-state index in [1.807, 2.05) is 0 Å². The van der Waals surface area contributed by atoms with Crippen LogP contribution in [-0.2, 0) is 42.9 Å². The van der Waals surface area contributed by atoms with Gasteiger partial charge in [0.05, 0.1) is 6.61 Å². The molecule has 1 heterocycles. The number of aliphatic hydroxyl groups excluding tert-OH is 2. The zero-order valence-electron chi connectivity index (χ0n) is 45.2. The molecule has 0 aromatic rings. The molecule has 3 N–H and O–H groups in total. The number of ether oxygens (including phenoxy) is 5. The Kier molecular flexibility index (Phi) is 44.5. The van der Waals surface area contributed by atoms with Gasteiger partial charge in [0.1, 0.15) is 18.8 Å². The Morgan fingerprint density at radius 3 is 1.32 bits per heavy atom. The topological polar surface area (TPSA) is 175 Å². The quantitative estimate of drug-likeness (QED) is 0.0228. The molecule has 6 atom stereocenters. The van der Waals surface area contributed by atoms with Gasteiger partial charge in [0, 0.05) is 19.3 Å². The summed E-state index contributed by atoms with van der Waals surface area (Å²) in [4.78, 5) is 51.0. The Hall–Kier alpha value is -3.06. The molecule has 0 radical (unpaired) electrons. The maximum Gasteiger partial charge on any atom is 0.335 e. The van der Waals surface area contributed by atoms with Crippen LogP contribution in [0.15, 0.2) is 36.5 Å². The summed E-state index contributed by atoms with van der Waals surface area (Å²) in [5.74, 6) is -3.13. The molecule has 1 aliphatic heterocycles. The number of carboxylic acids is 1. The third-order valence-electron chi connectivity index (χ3n) is 13.2. The molecule has 0 aromatic heterocycles. The first-order chi connectivity index (χ1) is 34.6. The third-order valence-corrected chi connectivity index (χ3v) is 13.2. The van der Waals surface area contributed by atoms with E-state index in [1.54, 1.807) is 0 Å². The number of carbonyl (C=O) groups excluding carboxylic acids is 3. The lowest BCUT2D eigenvalue weighted by Crippen LogP contribution is -2.61. The first-order valence-electron chi connectivity index (χ1n) is 29.0. The number of carbonyl (C=O) groups is 4. The van der Waals surface area contributed by atoms with Crippen LogP contribution >= 0.6 is 0 Å². The minimum Gasteiger partial charge on any atom is -0.479 e. The van der Waals surface area contributed by atoms with Crippen molar-refractivity contribution in [3.63, 3.8) is 0 Å². The van der Waals surface area contributed by atoms with Crippen molar-refractivity contribution in [3.8, 4) is 0 Å². The van der Waals surface area contributed by atoms with Gasteiger partial charge < -0.3 is 39.0 Å². The third kappa shape index (κ3) is 38.2. The van der Waals surface area contributed by atoms with Gasteiger partial charge in [-0.15, -0.1) is 0 Å². The molecule has 1 saturated heterocycles. The summed E-state index contributed by atoms with van der Waals surface area (Å²) in [6.45, 7) is 5.94. The smallest absolute Gasteiger partial charge is 0.335 e. The summed E-state index contributed by atoms with van der Waals surface area (Å²) >= 11 is 0. The first kappa shape index (κ1) is 66.0. The molecular weight excluding hydrogens is 901 g/mol. The number of unbranched alkanes of at least 4 members (excludes halogenated alkanes) is 29. The van der Waals surface area contributed by atoms with Gasteiger partial charge in [0.2, 0.25) is 0 Å². The van der Waals surface area contributed by atoms with Crippen molar-refractivity contribution in [2.24, 2.45) is 0 Å². The summed E-state index contributed by atoms with van der Waals surface area (Å²) in [7, 11) is 0. The summed E-state index contributed by atoms with van der Waals surface area (Å²) < 4.78 is 28.4. The highest BCUT2D eigenvalue weighted by molar-refractivity contribution is 5.74. The molecule has 12 heteroatoms. The van der Waals surface area contributed by atoms with Crippen molar-refractivity contribution < 1.29 is 58.2 Å². The van der Waals surface area contributed by atoms with Crippen LogP contribution in [0.4, 0.5) is 0 Å². The van der Waals surface area contributed by atoms with Crippen molar-refractivity contribution in [2.75, 3.05) is 13.2 Å². The number of hydrogen-bond donors (Lipinski definition) is 3. The summed E-state index contributed by atoms with van der Waals surface area (Å²) in [5.41, 5.74) is 0. The molecule has 1 rings (SSSR count). The summed E-state index contributed by atoms with van der Waals surface area (Å²) in [5, 5.41) is 31.4. The lowest BCUT2D eigenvalue weighted by Gasteiger charge is -2.40. The predicted molar refractivity (Wildman–Crippen MR) is 285 cm³/mol. The fourth-order valence-corrected chi connectivity index (χ4v) is 8.69. The second kappa shape index (κ2) is 47.9. The van der Waals surface area contributed by atoms with E-state index in [0.717, 1.165) is 103 Å². The number of aliphatic carboxylic acids is 1. The highest BCUT2D eigenvalue weighted by Crippen LogP contribution is 2.26. The average molecular weight is 1010 g/mol. The summed E-state index contributed by atoms with van der Waals surface area (Å²) in [6, 6.07) is 0. The first-order valence-corrected chi connectivity index (χ1v) is 29.0. The van der Waals surface area contributed by atoms with Gasteiger partial charge in [-0.25, -0.2) is 4.79 Å². The molecule has 71 heavy (non-hydrogen) atoms. The SMILES string of the molecule is CCCCC/C=C\C/C=C\CCCCCCCC(=O)OCC(COC1OC(C(=O)O)C(O)C(O)C1OC(=O)CCCCCCC/C=C\CCCCCC)OC(=O)CCCCCCCCCCCCCCC. The van der Waals surface area contributed by atoms with Gasteiger partial charge >= 0.3 is 23.9 Å². The fraction of sp³-hybridized carbons (Fsp3) is 0.831. The van der Waals surface area contributed by atoms with E-state index in [1.165, 1.54) is 103 Å². The Balaban J connectivity index is 2.71. The highest BCUT2D eigenvalue weighted by Gasteiger charge is 2.50. The van der Waals surface area contributed by atoms with Crippen molar-refractivity contribution >= 4 is 23.9 Å². The molecule has 0 aromatic carbocycles. The molecule has 12 nitrogen and oxygen atoms in total. The Bertz CT molecular complexity index is 1380. The van der Waals surface area contributed by atoms with E-state index in [0.29, 0.717) is 19.3 Å². The van der Waals surface area contributed by atoms with Crippen LogP contribution in [0.5, 0.6) is 0 Å². The molecular formula is C59H104O12. The Labute approximate surface area is 431 Å². The predicted octanol–water partition coefficient (Wildman–Crippen LogP) is 14.5. The van der Waals surface area contributed by atoms with E-state index >= 15 is 0 Å². The van der Waals surface area contributed by atoms with Crippen LogP contribution in [0.1, 0.15) is 265 Å². The maximum absolute atomic E-state index is 13.1. The van der Waals surface area contributed by atoms with Crippen LogP contribution in [-0.4, -0.2) is 89.2 Å². The van der Waals surface area contributed by atoms with E-state index < -0.39 is 67.3 Å². The van der Waals surface area contributed by atoms with Gasteiger partial charge in [0.25, 0.3) is 0 Å². The Morgan fingerprint density at radius 2 is 0.845 bits per heavy atom. The monoisotopic (exact) mass is 1000 g/mol. The number of allylic oxidation sites excluding steroid dienone is 6.